The van der Waals surface area contributed by atoms with Gasteiger partial charge in [-0.2, -0.15) is 0 Å². The predicted octanol–water partition coefficient (Wildman–Crippen LogP) is 4.52. The maximum absolute atomic E-state index is 12.0. The Bertz CT molecular complexity index is 531. The van der Waals surface area contributed by atoms with E-state index >= 15 is 0 Å². The number of hydrogen-bond acceptors (Lipinski definition) is 3. The van der Waals surface area contributed by atoms with Crippen molar-refractivity contribution in [2.24, 2.45) is 0 Å². The molecule has 0 radical (unpaired) electrons. The first kappa shape index (κ1) is 16.4. The zero-order valence-corrected chi connectivity index (χ0v) is 14.8. The van der Waals surface area contributed by atoms with Gasteiger partial charge in [0.15, 0.2) is 0 Å². The Morgan fingerprint density at radius 2 is 2.19 bits per heavy atom. The molecule has 0 bridgehead atoms. The van der Waals surface area contributed by atoms with Crippen LogP contribution in [-0.2, 0) is 4.74 Å². The van der Waals surface area contributed by atoms with E-state index in [1.54, 1.807) is 4.90 Å². The number of amides is 1. The Morgan fingerprint density at radius 1 is 1.48 bits per heavy atom. The van der Waals surface area contributed by atoms with Gasteiger partial charge in [-0.25, -0.2) is 4.79 Å². The SMILES string of the molecule is CC(C)(C)OC(=O)N1CCC(Nc2ccc(Br)c(Cl)c2)C1. The number of benzene rings is 1. The Labute approximate surface area is 138 Å². The van der Waals surface area contributed by atoms with Gasteiger partial charge in [0.05, 0.1) is 5.02 Å². The average Bonchev–Trinajstić information content (AvgIpc) is 2.80. The summed E-state index contributed by atoms with van der Waals surface area (Å²) in [5.41, 5.74) is 0.501. The van der Waals surface area contributed by atoms with E-state index in [0.717, 1.165) is 16.6 Å². The molecule has 0 aliphatic carbocycles. The molecule has 6 heteroatoms. The Hall–Kier alpha value is -0.940. The van der Waals surface area contributed by atoms with Crippen LogP contribution in [0.15, 0.2) is 22.7 Å². The molecule has 1 aromatic carbocycles. The Morgan fingerprint density at radius 3 is 2.81 bits per heavy atom. The van der Waals surface area contributed by atoms with Gasteiger partial charge in [0.25, 0.3) is 0 Å². The zero-order valence-electron chi connectivity index (χ0n) is 12.5. The molecule has 0 spiro atoms. The monoisotopic (exact) mass is 374 g/mol. The Balaban J connectivity index is 1.90. The van der Waals surface area contributed by atoms with Crippen LogP contribution >= 0.6 is 27.5 Å². The van der Waals surface area contributed by atoms with Crippen molar-refractivity contribution >= 4 is 39.3 Å². The first-order valence-corrected chi connectivity index (χ1v) is 8.11. The van der Waals surface area contributed by atoms with Gasteiger partial charge in [0, 0.05) is 29.3 Å². The van der Waals surface area contributed by atoms with Crippen LogP contribution in [0.25, 0.3) is 0 Å². The molecule has 1 heterocycles. The fourth-order valence-corrected chi connectivity index (χ4v) is 2.62. The fraction of sp³-hybridized carbons (Fsp3) is 0.533. The number of anilines is 1. The molecule has 1 aliphatic heterocycles. The van der Waals surface area contributed by atoms with Crippen LogP contribution in [0.3, 0.4) is 0 Å². The number of hydrogen-bond donors (Lipinski definition) is 1. The van der Waals surface area contributed by atoms with E-state index in [1.165, 1.54) is 0 Å². The lowest BCUT2D eigenvalue weighted by Crippen LogP contribution is -2.36. The number of nitrogens with one attached hydrogen (secondary N) is 1. The summed E-state index contributed by atoms with van der Waals surface area (Å²) in [6, 6.07) is 5.97. The van der Waals surface area contributed by atoms with Crippen LogP contribution in [0.4, 0.5) is 10.5 Å². The second-order valence-electron chi connectivity index (χ2n) is 6.19. The number of rotatable bonds is 2. The van der Waals surface area contributed by atoms with Crippen LogP contribution in [0, 0.1) is 0 Å². The second kappa shape index (κ2) is 6.44. The van der Waals surface area contributed by atoms with Crippen molar-refractivity contribution in [3.8, 4) is 0 Å². The van der Waals surface area contributed by atoms with Crippen LogP contribution in [0.2, 0.25) is 5.02 Å². The summed E-state index contributed by atoms with van der Waals surface area (Å²) in [6.45, 7) is 6.97. The van der Waals surface area contributed by atoms with Gasteiger partial charge < -0.3 is 15.0 Å². The molecular weight excluding hydrogens is 356 g/mol. The summed E-state index contributed by atoms with van der Waals surface area (Å²) >= 11 is 9.45. The third kappa shape index (κ3) is 4.78. The van der Waals surface area contributed by atoms with Crippen molar-refractivity contribution in [1.29, 1.82) is 0 Å². The van der Waals surface area contributed by atoms with Crippen LogP contribution in [-0.4, -0.2) is 35.7 Å². The molecular formula is C15H20BrClN2O2. The zero-order chi connectivity index (χ0) is 15.6. The van der Waals surface area contributed by atoms with Gasteiger partial charge in [0.2, 0.25) is 0 Å². The van der Waals surface area contributed by atoms with E-state index in [9.17, 15) is 4.79 Å². The minimum Gasteiger partial charge on any atom is -0.444 e. The minimum absolute atomic E-state index is 0.217. The van der Waals surface area contributed by atoms with Gasteiger partial charge in [-0.15, -0.1) is 0 Å². The molecule has 0 aromatic heterocycles. The van der Waals surface area contributed by atoms with E-state index in [0.29, 0.717) is 18.1 Å². The normalized spacial score (nSPS) is 18.7. The molecule has 1 aromatic rings. The highest BCUT2D eigenvalue weighted by atomic mass is 79.9. The van der Waals surface area contributed by atoms with E-state index < -0.39 is 5.60 Å². The predicted molar refractivity (Wildman–Crippen MR) is 89.0 cm³/mol. The Kier molecular flexibility index (Phi) is 5.04. The standard InChI is InChI=1S/C15H20BrClN2O2/c1-15(2,3)21-14(20)19-7-6-11(9-19)18-10-4-5-12(16)13(17)8-10/h4-5,8,11,18H,6-7,9H2,1-3H3. The largest absolute Gasteiger partial charge is 0.444 e. The van der Waals surface area contributed by atoms with Gasteiger partial charge >= 0.3 is 6.09 Å². The second-order valence-corrected chi connectivity index (χ2v) is 7.45. The molecule has 21 heavy (non-hydrogen) atoms. The molecule has 1 saturated heterocycles. The van der Waals surface area contributed by atoms with Crippen molar-refractivity contribution in [1.82, 2.24) is 4.90 Å². The lowest BCUT2D eigenvalue weighted by atomic mass is 10.2. The molecule has 116 valence electrons. The molecule has 0 saturated carbocycles. The van der Waals surface area contributed by atoms with Gasteiger partial charge in [-0.1, -0.05) is 11.6 Å². The topological polar surface area (TPSA) is 41.6 Å². The van der Waals surface area contributed by atoms with Crippen molar-refractivity contribution in [3.05, 3.63) is 27.7 Å². The molecule has 1 fully saturated rings. The maximum atomic E-state index is 12.0. The van der Waals surface area contributed by atoms with Crippen LogP contribution in [0.5, 0.6) is 0 Å². The number of carbonyl (C=O) groups excluding carboxylic acids is 1. The molecule has 1 aliphatic rings. The summed E-state index contributed by atoms with van der Waals surface area (Å²) in [5.74, 6) is 0. The lowest BCUT2D eigenvalue weighted by Gasteiger charge is -2.24. The minimum atomic E-state index is -0.457. The first-order chi connectivity index (χ1) is 9.74. The van der Waals surface area contributed by atoms with Gasteiger partial charge in [-0.05, 0) is 61.3 Å². The summed E-state index contributed by atoms with van der Waals surface area (Å²) in [4.78, 5) is 13.7. The molecule has 2 rings (SSSR count). The molecule has 1 unspecified atom stereocenters. The summed E-state index contributed by atoms with van der Waals surface area (Å²) < 4.78 is 6.26. The number of likely N-dealkylation sites (tertiary alicyclic amines) is 1. The van der Waals surface area contributed by atoms with Crippen molar-refractivity contribution in [2.45, 2.75) is 38.8 Å². The van der Waals surface area contributed by atoms with E-state index in [4.69, 9.17) is 16.3 Å². The van der Waals surface area contributed by atoms with E-state index in [2.05, 4.69) is 21.2 Å². The highest BCUT2D eigenvalue weighted by Crippen LogP contribution is 2.27. The maximum Gasteiger partial charge on any atom is 0.410 e. The third-order valence-corrected chi connectivity index (χ3v) is 4.36. The van der Waals surface area contributed by atoms with Crippen molar-refractivity contribution < 1.29 is 9.53 Å². The molecule has 1 N–H and O–H groups in total. The van der Waals surface area contributed by atoms with E-state index in [-0.39, 0.29) is 12.1 Å². The molecule has 1 atom stereocenters. The highest BCUT2D eigenvalue weighted by Gasteiger charge is 2.29. The number of halogens is 2. The van der Waals surface area contributed by atoms with Gasteiger partial charge in [0.1, 0.15) is 5.60 Å². The third-order valence-electron chi connectivity index (χ3n) is 3.13. The average molecular weight is 376 g/mol. The van der Waals surface area contributed by atoms with Crippen LogP contribution < -0.4 is 5.32 Å². The summed E-state index contributed by atoms with van der Waals surface area (Å²) in [6.07, 6.45) is 0.646. The quantitative estimate of drug-likeness (QED) is 0.826. The van der Waals surface area contributed by atoms with Crippen molar-refractivity contribution in [2.75, 3.05) is 18.4 Å². The van der Waals surface area contributed by atoms with Gasteiger partial charge in [-0.3, -0.25) is 0 Å². The number of ether oxygens (including phenoxy) is 1. The number of nitrogens with zero attached hydrogens (tertiary/aromatic N) is 1. The molecule has 1 amide bonds. The highest BCUT2D eigenvalue weighted by molar-refractivity contribution is 9.10. The van der Waals surface area contributed by atoms with E-state index in [1.807, 2.05) is 39.0 Å². The molecule has 4 nitrogen and oxygen atoms in total. The fourth-order valence-electron chi connectivity index (χ4n) is 2.19. The lowest BCUT2D eigenvalue weighted by molar-refractivity contribution is 0.0293. The number of carbonyl (C=O) groups is 1. The summed E-state index contributed by atoms with van der Waals surface area (Å²) in [5, 5.41) is 4.07. The van der Waals surface area contributed by atoms with Crippen LogP contribution in [0.1, 0.15) is 27.2 Å². The first-order valence-electron chi connectivity index (χ1n) is 6.94. The summed E-state index contributed by atoms with van der Waals surface area (Å²) in [7, 11) is 0. The van der Waals surface area contributed by atoms with Crippen molar-refractivity contribution in [3.63, 3.8) is 0 Å². The smallest absolute Gasteiger partial charge is 0.410 e.